The fourth-order valence-electron chi connectivity index (χ4n) is 6.64. The summed E-state index contributed by atoms with van der Waals surface area (Å²) in [5.41, 5.74) is -13.9. The molecular formula is C39H37F9NO3PS. The van der Waals surface area contributed by atoms with Crippen molar-refractivity contribution in [2.24, 2.45) is 4.99 Å². The van der Waals surface area contributed by atoms with E-state index in [2.05, 4.69) is 4.99 Å². The van der Waals surface area contributed by atoms with Crippen LogP contribution in [0, 0.1) is 0 Å². The molecule has 1 aliphatic rings. The Morgan fingerprint density at radius 3 is 1.57 bits per heavy atom. The van der Waals surface area contributed by atoms with Crippen molar-refractivity contribution in [3.8, 4) is 0 Å². The number of aliphatic imine (C=N–C) groups is 1. The minimum Gasteiger partial charge on any atom is -0.323 e. The first kappa shape index (κ1) is 41.3. The van der Waals surface area contributed by atoms with Crippen LogP contribution in [0.15, 0.2) is 102 Å². The number of nitrogens with zero attached hydrogens (tertiary/aromatic N) is 1. The van der Waals surface area contributed by atoms with Crippen molar-refractivity contribution in [3.63, 3.8) is 0 Å². The predicted molar refractivity (Wildman–Crippen MR) is 195 cm³/mol. The van der Waals surface area contributed by atoms with Gasteiger partial charge >= 0.3 is 17.9 Å². The number of benzene rings is 4. The molecule has 15 heteroatoms. The summed E-state index contributed by atoms with van der Waals surface area (Å²) in [5.74, 6) is -1.79. The summed E-state index contributed by atoms with van der Waals surface area (Å²) in [6, 6.07) is 19.7. The lowest BCUT2D eigenvalue weighted by molar-refractivity contribution is -0.361. The van der Waals surface area contributed by atoms with Gasteiger partial charge in [-0.15, -0.1) is 0 Å². The Morgan fingerprint density at radius 2 is 1.13 bits per heavy atom. The highest BCUT2D eigenvalue weighted by atomic mass is 32.2. The van der Waals surface area contributed by atoms with Crippen molar-refractivity contribution in [3.05, 3.63) is 125 Å². The fraction of sp³-hybridized carbons (Fsp3) is 0.333. The molecule has 0 saturated heterocycles. The summed E-state index contributed by atoms with van der Waals surface area (Å²) in [6.45, 7) is 9.86. The summed E-state index contributed by atoms with van der Waals surface area (Å²) >= 11 is 0. The molecule has 0 amide bonds. The highest BCUT2D eigenvalue weighted by Crippen LogP contribution is 2.70. The van der Waals surface area contributed by atoms with E-state index in [1.165, 1.54) is 72.8 Å². The summed E-state index contributed by atoms with van der Waals surface area (Å²) in [5, 5.41) is -1.44. The van der Waals surface area contributed by atoms with Gasteiger partial charge < -0.3 is 4.52 Å². The van der Waals surface area contributed by atoms with E-state index >= 15 is 39.5 Å². The Hall–Kier alpha value is -3.87. The number of halogens is 9. The molecule has 5 rings (SSSR count). The van der Waals surface area contributed by atoms with E-state index in [-0.39, 0.29) is 28.3 Å². The Labute approximate surface area is 308 Å². The van der Waals surface area contributed by atoms with Gasteiger partial charge in [0.1, 0.15) is 4.63 Å². The van der Waals surface area contributed by atoms with E-state index in [4.69, 9.17) is 4.52 Å². The number of hydrogen-bond acceptors (Lipinski definition) is 4. The van der Waals surface area contributed by atoms with Gasteiger partial charge in [0.25, 0.3) is 15.4 Å². The zero-order chi connectivity index (χ0) is 40.2. The Kier molecular flexibility index (Phi) is 11.0. The molecule has 0 N–H and O–H groups in total. The normalized spacial score (nSPS) is 18.1. The minimum absolute atomic E-state index is 0.0372. The van der Waals surface area contributed by atoms with Crippen molar-refractivity contribution in [2.45, 2.75) is 82.8 Å². The van der Waals surface area contributed by atoms with Crippen molar-refractivity contribution >= 4 is 43.6 Å². The first-order valence-electron chi connectivity index (χ1n) is 16.8. The quantitative estimate of drug-likeness (QED) is 0.101. The standard InChI is InChI=1S/C39H37F9NO3PS/c1-23(2)27-21-29(24(3)4)34(30(22-27)25(5)6)53(32-20-14-13-19-31(32)36(52-53,37(40,41)42)38(43,44)45)35(54(50,51)39(46,47)48)33(26-15-9-7-10-16-26)49-28-17-11-8-12-18-28/h7-25H,1-6H3. The number of fused-ring (bicyclic) bond motifs is 1. The van der Waals surface area contributed by atoms with Gasteiger partial charge in [-0.2, -0.15) is 39.5 Å². The van der Waals surface area contributed by atoms with E-state index in [1.54, 1.807) is 41.5 Å². The van der Waals surface area contributed by atoms with E-state index in [1.807, 2.05) is 0 Å². The number of hydrogen-bond donors (Lipinski definition) is 0. The van der Waals surface area contributed by atoms with Gasteiger partial charge in [0.2, 0.25) is 0 Å². The molecule has 1 aliphatic heterocycles. The monoisotopic (exact) mass is 801 g/mol. The van der Waals surface area contributed by atoms with Crippen molar-refractivity contribution < 1.29 is 52.5 Å². The largest absolute Gasteiger partial charge is 0.502 e. The Balaban J connectivity index is 2.33. The average molecular weight is 802 g/mol. The van der Waals surface area contributed by atoms with Crippen molar-refractivity contribution in [2.75, 3.05) is 0 Å². The second-order valence-electron chi connectivity index (χ2n) is 13.8. The van der Waals surface area contributed by atoms with E-state index < -0.39 is 78.8 Å². The first-order valence-corrected chi connectivity index (χ1v) is 20.0. The van der Waals surface area contributed by atoms with E-state index in [0.29, 0.717) is 11.6 Å². The predicted octanol–water partition coefficient (Wildman–Crippen LogP) is 11.2. The number of para-hydroxylation sites is 1. The summed E-state index contributed by atoms with van der Waals surface area (Å²) < 4.78 is 172. The van der Waals surface area contributed by atoms with Crippen LogP contribution in [0.4, 0.5) is 45.2 Å². The molecule has 54 heavy (non-hydrogen) atoms. The molecule has 4 aromatic rings. The van der Waals surface area contributed by atoms with Crippen LogP contribution in [-0.2, 0) is 20.0 Å². The summed E-state index contributed by atoms with van der Waals surface area (Å²) in [4.78, 5) is 4.35. The van der Waals surface area contributed by atoms with Crippen LogP contribution in [0.5, 0.6) is 0 Å². The van der Waals surface area contributed by atoms with Crippen LogP contribution >= 0.6 is 7.11 Å². The average Bonchev–Trinajstić information content (AvgIpc) is 3.41. The van der Waals surface area contributed by atoms with Gasteiger partial charge in [0.05, 0.1) is 18.5 Å². The van der Waals surface area contributed by atoms with Crippen LogP contribution in [0.25, 0.3) is 0 Å². The van der Waals surface area contributed by atoms with Gasteiger partial charge in [-0.1, -0.05) is 126 Å². The fourth-order valence-corrected chi connectivity index (χ4v) is 14.0. The molecule has 0 radical (unpaired) electrons. The summed E-state index contributed by atoms with van der Waals surface area (Å²) in [6.07, 6.45) is -12.7. The van der Waals surface area contributed by atoms with E-state index in [9.17, 15) is 8.42 Å². The molecule has 1 unspecified atom stereocenters. The van der Waals surface area contributed by atoms with E-state index in [0.717, 1.165) is 18.2 Å². The third-order valence-electron chi connectivity index (χ3n) is 9.20. The zero-order valence-electron chi connectivity index (χ0n) is 29.9. The van der Waals surface area contributed by atoms with Crippen LogP contribution in [0.1, 0.15) is 87.1 Å². The Bertz CT molecular complexity index is 2180. The molecule has 0 spiro atoms. The Morgan fingerprint density at radius 1 is 0.667 bits per heavy atom. The van der Waals surface area contributed by atoms with Crippen molar-refractivity contribution in [1.29, 1.82) is 0 Å². The SMILES string of the molecule is CC(C)c1cc(C(C)C)c(P2(=C(C(=Nc3ccccc3)c3ccccc3)S(=O)(=O)C(F)(F)F)OC(C(F)(F)F)(C(F)(F)F)c3ccccc32)c(C(C)C)c1. The van der Waals surface area contributed by atoms with Crippen LogP contribution in [-0.4, -0.2) is 36.6 Å². The lowest BCUT2D eigenvalue weighted by atomic mass is 9.89. The summed E-state index contributed by atoms with van der Waals surface area (Å²) in [7, 11) is -12.7. The highest BCUT2D eigenvalue weighted by Gasteiger charge is 2.79. The van der Waals surface area contributed by atoms with Gasteiger partial charge in [-0.3, -0.25) is 0 Å². The van der Waals surface area contributed by atoms with Gasteiger partial charge in [0, 0.05) is 21.7 Å². The maximum Gasteiger partial charge on any atom is 0.502 e. The van der Waals surface area contributed by atoms with Gasteiger partial charge in [-0.25, -0.2) is 13.4 Å². The molecule has 0 bridgehead atoms. The molecule has 1 heterocycles. The molecule has 4 nitrogen and oxygen atoms in total. The second kappa shape index (κ2) is 14.3. The number of alkyl halides is 9. The van der Waals surface area contributed by atoms with Gasteiger partial charge in [0.15, 0.2) is 0 Å². The third-order valence-corrected chi connectivity index (χ3v) is 15.6. The lowest BCUT2D eigenvalue weighted by Gasteiger charge is -2.38. The molecule has 0 aliphatic carbocycles. The molecular weight excluding hydrogens is 764 g/mol. The van der Waals surface area contributed by atoms with Gasteiger partial charge in [-0.05, 0) is 46.6 Å². The molecule has 1 atom stereocenters. The topological polar surface area (TPSA) is 55.7 Å². The molecule has 290 valence electrons. The highest BCUT2D eigenvalue weighted by molar-refractivity contribution is 8.20. The second-order valence-corrected chi connectivity index (χ2v) is 18.8. The molecule has 4 aromatic carbocycles. The molecule has 0 aromatic heterocycles. The van der Waals surface area contributed by atoms with Crippen molar-refractivity contribution in [1.82, 2.24) is 0 Å². The zero-order valence-corrected chi connectivity index (χ0v) is 31.6. The van der Waals surface area contributed by atoms with Crippen LogP contribution < -0.4 is 10.6 Å². The molecule has 0 saturated carbocycles. The lowest BCUT2D eigenvalue weighted by Crippen LogP contribution is -2.54. The smallest absolute Gasteiger partial charge is 0.323 e. The molecule has 0 fully saturated rings. The van der Waals surface area contributed by atoms with Crippen LogP contribution in [0.2, 0.25) is 0 Å². The van der Waals surface area contributed by atoms with Crippen LogP contribution in [0.3, 0.4) is 0 Å². The maximum absolute atomic E-state index is 15.6. The number of rotatable bonds is 8. The first-order chi connectivity index (χ1) is 24.9. The maximum atomic E-state index is 15.6. The number of sulfone groups is 1. The minimum atomic E-state index is -6.92. The third kappa shape index (κ3) is 6.72.